The van der Waals surface area contributed by atoms with Crippen molar-refractivity contribution in [3.63, 3.8) is 0 Å². The van der Waals surface area contributed by atoms with Crippen LogP contribution in [-0.4, -0.2) is 28.3 Å². The van der Waals surface area contributed by atoms with Crippen molar-refractivity contribution in [1.82, 2.24) is 4.90 Å². The highest BCUT2D eigenvalue weighted by molar-refractivity contribution is 5.80. The first kappa shape index (κ1) is 12.3. The van der Waals surface area contributed by atoms with Gasteiger partial charge in [0, 0.05) is 17.5 Å². The van der Waals surface area contributed by atoms with Crippen molar-refractivity contribution in [3.05, 3.63) is 52.2 Å². The summed E-state index contributed by atoms with van der Waals surface area (Å²) >= 11 is 0. The van der Waals surface area contributed by atoms with E-state index in [0.717, 1.165) is 5.56 Å². The molecule has 0 N–H and O–H groups in total. The number of rotatable bonds is 4. The lowest BCUT2D eigenvalue weighted by molar-refractivity contribution is -0.485. The zero-order valence-corrected chi connectivity index (χ0v) is 9.86. The van der Waals surface area contributed by atoms with Crippen LogP contribution in [0.25, 0.3) is 6.08 Å². The van der Waals surface area contributed by atoms with Crippen LogP contribution in [0.3, 0.4) is 0 Å². The van der Waals surface area contributed by atoms with Crippen LogP contribution in [0.1, 0.15) is 18.4 Å². The Morgan fingerprint density at radius 2 is 2.11 bits per heavy atom. The summed E-state index contributed by atoms with van der Waals surface area (Å²) < 4.78 is 0. The molecule has 5 heteroatoms. The van der Waals surface area contributed by atoms with Gasteiger partial charge < -0.3 is 4.90 Å². The lowest BCUT2D eigenvalue weighted by atomic mass is 10.2. The first-order valence-electron chi connectivity index (χ1n) is 5.83. The smallest absolute Gasteiger partial charge is 0.227 e. The Hall–Kier alpha value is -2.17. The van der Waals surface area contributed by atoms with Crippen LogP contribution >= 0.6 is 0 Å². The van der Waals surface area contributed by atoms with Crippen LogP contribution in [0.5, 0.6) is 0 Å². The first-order valence-corrected chi connectivity index (χ1v) is 5.83. The van der Waals surface area contributed by atoms with E-state index in [1.807, 2.05) is 30.3 Å². The molecule has 0 saturated carbocycles. The molecule has 1 aliphatic heterocycles. The van der Waals surface area contributed by atoms with Gasteiger partial charge in [-0.25, -0.2) is 0 Å². The van der Waals surface area contributed by atoms with E-state index in [1.165, 1.54) is 4.90 Å². The molecule has 1 fully saturated rings. The van der Waals surface area contributed by atoms with Gasteiger partial charge in [0.25, 0.3) is 0 Å². The Bertz CT molecular complexity index is 470. The van der Waals surface area contributed by atoms with E-state index in [1.54, 1.807) is 12.3 Å². The standard InChI is InChI=1S/C13H14N2O3/c16-13-7-6-12(10-15(17)18)14(13)9-8-11-4-2-1-3-5-11/h1-5,8-9,12H,6-7,10H2. The summed E-state index contributed by atoms with van der Waals surface area (Å²) in [6, 6.07) is 9.24. The maximum atomic E-state index is 11.6. The zero-order valence-electron chi connectivity index (χ0n) is 9.86. The molecule has 0 aliphatic carbocycles. The molecule has 1 amide bonds. The number of nitro groups is 1. The molecule has 1 aromatic rings. The van der Waals surface area contributed by atoms with Crippen LogP contribution in [0, 0.1) is 10.1 Å². The number of carbonyl (C=O) groups excluding carboxylic acids is 1. The van der Waals surface area contributed by atoms with E-state index < -0.39 is 0 Å². The van der Waals surface area contributed by atoms with Gasteiger partial charge in [0.2, 0.25) is 12.5 Å². The van der Waals surface area contributed by atoms with Crippen LogP contribution in [-0.2, 0) is 4.79 Å². The molecule has 1 saturated heterocycles. The molecule has 0 aromatic heterocycles. The fourth-order valence-corrected chi connectivity index (χ4v) is 2.05. The molecule has 1 unspecified atom stereocenters. The molecule has 1 heterocycles. The van der Waals surface area contributed by atoms with Crippen molar-refractivity contribution in [2.75, 3.05) is 6.54 Å². The molecule has 2 rings (SSSR count). The highest BCUT2D eigenvalue weighted by atomic mass is 16.6. The molecule has 0 radical (unpaired) electrons. The van der Waals surface area contributed by atoms with Crippen molar-refractivity contribution < 1.29 is 9.72 Å². The fourth-order valence-electron chi connectivity index (χ4n) is 2.05. The third-order valence-electron chi connectivity index (χ3n) is 2.96. The van der Waals surface area contributed by atoms with Gasteiger partial charge in [0.15, 0.2) is 0 Å². The van der Waals surface area contributed by atoms with Crippen LogP contribution in [0.2, 0.25) is 0 Å². The number of hydrogen-bond acceptors (Lipinski definition) is 3. The highest BCUT2D eigenvalue weighted by Gasteiger charge is 2.32. The largest absolute Gasteiger partial charge is 0.309 e. The molecule has 1 atom stereocenters. The number of amides is 1. The zero-order chi connectivity index (χ0) is 13.0. The average molecular weight is 246 g/mol. The summed E-state index contributed by atoms with van der Waals surface area (Å²) in [5, 5.41) is 10.5. The van der Waals surface area contributed by atoms with E-state index >= 15 is 0 Å². The van der Waals surface area contributed by atoms with Crippen molar-refractivity contribution in [3.8, 4) is 0 Å². The topological polar surface area (TPSA) is 63.4 Å². The maximum absolute atomic E-state index is 11.6. The molecule has 94 valence electrons. The van der Waals surface area contributed by atoms with Gasteiger partial charge in [-0.3, -0.25) is 14.9 Å². The number of benzene rings is 1. The molecular formula is C13H14N2O3. The van der Waals surface area contributed by atoms with Crippen LogP contribution < -0.4 is 0 Å². The highest BCUT2D eigenvalue weighted by Crippen LogP contribution is 2.20. The molecule has 1 aromatic carbocycles. The molecular weight excluding hydrogens is 232 g/mol. The van der Waals surface area contributed by atoms with E-state index in [-0.39, 0.29) is 23.4 Å². The predicted molar refractivity (Wildman–Crippen MR) is 67.2 cm³/mol. The van der Waals surface area contributed by atoms with Crippen molar-refractivity contribution in [2.45, 2.75) is 18.9 Å². The molecule has 0 bridgehead atoms. The molecule has 1 aliphatic rings. The minimum absolute atomic E-state index is 0.0472. The van der Waals surface area contributed by atoms with Gasteiger partial charge in [-0.15, -0.1) is 0 Å². The lowest BCUT2D eigenvalue weighted by Gasteiger charge is -2.17. The molecule has 0 spiro atoms. The summed E-state index contributed by atoms with van der Waals surface area (Å²) in [5.41, 5.74) is 0.969. The van der Waals surface area contributed by atoms with Crippen molar-refractivity contribution >= 4 is 12.0 Å². The van der Waals surface area contributed by atoms with E-state index in [2.05, 4.69) is 0 Å². The summed E-state index contributed by atoms with van der Waals surface area (Å²) in [7, 11) is 0. The SMILES string of the molecule is O=C1CCC(C[N+](=O)[O-])N1C=Cc1ccccc1. The summed E-state index contributed by atoms with van der Waals surface area (Å²) in [6.45, 7) is -0.190. The third kappa shape index (κ3) is 2.94. The number of nitrogens with zero attached hydrogens (tertiary/aromatic N) is 2. The van der Waals surface area contributed by atoms with Gasteiger partial charge in [-0.05, 0) is 18.1 Å². The number of likely N-dealkylation sites (tertiary alicyclic amines) is 1. The van der Waals surface area contributed by atoms with Gasteiger partial charge in [0.05, 0.1) is 0 Å². The predicted octanol–water partition coefficient (Wildman–Crippen LogP) is 1.93. The Morgan fingerprint density at radius 1 is 1.39 bits per heavy atom. The van der Waals surface area contributed by atoms with E-state index in [0.29, 0.717) is 12.8 Å². The summed E-state index contributed by atoms with van der Waals surface area (Å²) in [5.74, 6) is -0.0472. The number of hydrogen-bond donors (Lipinski definition) is 0. The summed E-state index contributed by atoms with van der Waals surface area (Å²) in [4.78, 5) is 23.3. The Labute approximate surface area is 105 Å². The van der Waals surface area contributed by atoms with Gasteiger partial charge in [0.1, 0.15) is 6.04 Å². The maximum Gasteiger partial charge on any atom is 0.227 e. The van der Waals surface area contributed by atoms with E-state index in [4.69, 9.17) is 0 Å². The van der Waals surface area contributed by atoms with Crippen LogP contribution in [0.4, 0.5) is 0 Å². The average Bonchev–Trinajstić information content (AvgIpc) is 2.68. The molecule has 5 nitrogen and oxygen atoms in total. The van der Waals surface area contributed by atoms with Gasteiger partial charge in [-0.1, -0.05) is 30.3 Å². The second-order valence-electron chi connectivity index (χ2n) is 4.24. The normalized spacial score (nSPS) is 19.7. The van der Waals surface area contributed by atoms with Gasteiger partial charge in [-0.2, -0.15) is 0 Å². The second-order valence-corrected chi connectivity index (χ2v) is 4.24. The molecule has 18 heavy (non-hydrogen) atoms. The minimum Gasteiger partial charge on any atom is -0.309 e. The van der Waals surface area contributed by atoms with E-state index in [9.17, 15) is 14.9 Å². The Kier molecular flexibility index (Phi) is 3.72. The van der Waals surface area contributed by atoms with Crippen LogP contribution in [0.15, 0.2) is 36.5 Å². The minimum atomic E-state index is -0.368. The quantitative estimate of drug-likeness (QED) is 0.602. The second kappa shape index (κ2) is 5.44. The van der Waals surface area contributed by atoms with Crippen molar-refractivity contribution in [1.29, 1.82) is 0 Å². The fraction of sp³-hybridized carbons (Fsp3) is 0.308. The monoisotopic (exact) mass is 246 g/mol. The third-order valence-corrected chi connectivity index (χ3v) is 2.96. The van der Waals surface area contributed by atoms with Crippen molar-refractivity contribution in [2.24, 2.45) is 0 Å². The lowest BCUT2D eigenvalue weighted by Crippen LogP contribution is -2.33. The Morgan fingerprint density at radius 3 is 2.78 bits per heavy atom. The number of carbonyl (C=O) groups is 1. The first-order chi connectivity index (χ1) is 8.66. The summed E-state index contributed by atoms with van der Waals surface area (Å²) in [6.07, 6.45) is 4.39. The Balaban J connectivity index is 2.08. The van der Waals surface area contributed by atoms with Gasteiger partial charge >= 0.3 is 0 Å².